The SMILES string of the molecule is NCCc1cnoc1-c1ccc2c(c1)OCO2. The number of nitrogens with two attached hydrogens (primary N) is 1. The summed E-state index contributed by atoms with van der Waals surface area (Å²) >= 11 is 0. The van der Waals surface area contributed by atoms with E-state index < -0.39 is 0 Å². The zero-order valence-corrected chi connectivity index (χ0v) is 9.18. The zero-order valence-electron chi connectivity index (χ0n) is 9.18. The van der Waals surface area contributed by atoms with Gasteiger partial charge in [0.15, 0.2) is 17.3 Å². The van der Waals surface area contributed by atoms with Crippen LogP contribution in [0.1, 0.15) is 5.56 Å². The minimum atomic E-state index is 0.269. The molecule has 0 fully saturated rings. The second-order valence-electron chi connectivity index (χ2n) is 3.79. The Labute approximate surface area is 98.1 Å². The van der Waals surface area contributed by atoms with E-state index in [4.69, 9.17) is 19.7 Å². The van der Waals surface area contributed by atoms with Gasteiger partial charge in [0.2, 0.25) is 6.79 Å². The summed E-state index contributed by atoms with van der Waals surface area (Å²) in [6.07, 6.45) is 2.44. The van der Waals surface area contributed by atoms with E-state index in [0.717, 1.165) is 34.8 Å². The summed E-state index contributed by atoms with van der Waals surface area (Å²) in [6.45, 7) is 0.837. The van der Waals surface area contributed by atoms with Crippen molar-refractivity contribution >= 4 is 0 Å². The molecule has 88 valence electrons. The largest absolute Gasteiger partial charge is 0.454 e. The number of hydrogen-bond acceptors (Lipinski definition) is 5. The van der Waals surface area contributed by atoms with Crippen LogP contribution < -0.4 is 15.2 Å². The third-order valence-corrected chi connectivity index (χ3v) is 2.69. The fourth-order valence-corrected chi connectivity index (χ4v) is 1.87. The standard InChI is InChI=1S/C12H12N2O3/c13-4-3-9-6-14-17-12(9)8-1-2-10-11(5-8)16-7-15-10/h1-2,5-6H,3-4,7,13H2. The van der Waals surface area contributed by atoms with E-state index >= 15 is 0 Å². The van der Waals surface area contributed by atoms with Crippen LogP contribution in [0.25, 0.3) is 11.3 Å². The number of ether oxygens (including phenoxy) is 2. The number of hydrogen-bond donors (Lipinski definition) is 1. The second-order valence-corrected chi connectivity index (χ2v) is 3.79. The van der Waals surface area contributed by atoms with Crippen LogP contribution in [0.4, 0.5) is 0 Å². The lowest BCUT2D eigenvalue weighted by Gasteiger charge is -2.01. The van der Waals surface area contributed by atoms with E-state index in [1.807, 2.05) is 18.2 Å². The highest BCUT2D eigenvalue weighted by atomic mass is 16.7. The Bertz CT molecular complexity index is 536. The minimum absolute atomic E-state index is 0.269. The zero-order chi connectivity index (χ0) is 11.7. The summed E-state index contributed by atoms with van der Waals surface area (Å²) in [5.74, 6) is 2.24. The molecule has 2 N–H and O–H groups in total. The van der Waals surface area contributed by atoms with Gasteiger partial charge in [0, 0.05) is 11.1 Å². The van der Waals surface area contributed by atoms with Gasteiger partial charge in [0.25, 0.3) is 0 Å². The molecule has 0 aliphatic carbocycles. The number of fused-ring (bicyclic) bond motifs is 1. The van der Waals surface area contributed by atoms with Crippen LogP contribution in [0.2, 0.25) is 0 Å². The van der Waals surface area contributed by atoms with Crippen LogP contribution in [0.15, 0.2) is 28.9 Å². The van der Waals surface area contributed by atoms with Crippen molar-refractivity contribution < 1.29 is 14.0 Å². The first-order chi connectivity index (χ1) is 8.38. The summed E-state index contributed by atoms with van der Waals surface area (Å²) < 4.78 is 15.8. The molecule has 0 amide bonds. The molecule has 0 saturated carbocycles. The van der Waals surface area contributed by atoms with Crippen molar-refractivity contribution in [3.63, 3.8) is 0 Å². The molecule has 0 bridgehead atoms. The minimum Gasteiger partial charge on any atom is -0.454 e. The quantitative estimate of drug-likeness (QED) is 0.869. The van der Waals surface area contributed by atoms with Crippen LogP contribution in [0.5, 0.6) is 11.5 Å². The van der Waals surface area contributed by atoms with Gasteiger partial charge in [-0.1, -0.05) is 5.16 Å². The Morgan fingerprint density at radius 2 is 2.12 bits per heavy atom. The fourth-order valence-electron chi connectivity index (χ4n) is 1.87. The lowest BCUT2D eigenvalue weighted by molar-refractivity contribution is 0.174. The maximum Gasteiger partial charge on any atom is 0.231 e. The van der Waals surface area contributed by atoms with Crippen molar-refractivity contribution in [1.29, 1.82) is 0 Å². The molecule has 0 spiro atoms. The van der Waals surface area contributed by atoms with Crippen LogP contribution in [0, 0.1) is 0 Å². The summed E-state index contributed by atoms with van der Waals surface area (Å²) in [6, 6.07) is 5.68. The first-order valence-electron chi connectivity index (χ1n) is 5.42. The lowest BCUT2D eigenvalue weighted by Crippen LogP contribution is -2.02. The molecule has 1 aromatic carbocycles. The Hall–Kier alpha value is -2.01. The highest BCUT2D eigenvalue weighted by Crippen LogP contribution is 2.36. The summed E-state index contributed by atoms with van der Waals surface area (Å²) in [5, 5.41) is 3.81. The predicted octanol–water partition coefficient (Wildman–Crippen LogP) is 1.57. The third-order valence-electron chi connectivity index (χ3n) is 2.69. The van der Waals surface area contributed by atoms with Crippen molar-refractivity contribution in [3.8, 4) is 22.8 Å². The van der Waals surface area contributed by atoms with Gasteiger partial charge in [-0.2, -0.15) is 0 Å². The molecule has 3 rings (SSSR count). The first-order valence-corrected chi connectivity index (χ1v) is 5.42. The van der Waals surface area contributed by atoms with E-state index in [9.17, 15) is 0 Å². The molecule has 2 aromatic rings. The van der Waals surface area contributed by atoms with Crippen LogP contribution >= 0.6 is 0 Å². The molecule has 5 nitrogen and oxygen atoms in total. The number of benzene rings is 1. The Morgan fingerprint density at radius 1 is 1.24 bits per heavy atom. The lowest BCUT2D eigenvalue weighted by atomic mass is 10.1. The summed E-state index contributed by atoms with van der Waals surface area (Å²) in [4.78, 5) is 0. The van der Waals surface area contributed by atoms with Crippen LogP contribution in [-0.2, 0) is 6.42 Å². The Kier molecular flexibility index (Phi) is 2.45. The van der Waals surface area contributed by atoms with Gasteiger partial charge in [-0.15, -0.1) is 0 Å². The highest BCUT2D eigenvalue weighted by Gasteiger charge is 2.17. The molecule has 0 atom stereocenters. The molecule has 0 unspecified atom stereocenters. The molecule has 5 heteroatoms. The van der Waals surface area contributed by atoms with Crippen molar-refractivity contribution in [2.45, 2.75) is 6.42 Å². The van der Waals surface area contributed by atoms with Crippen LogP contribution in [0.3, 0.4) is 0 Å². The number of nitrogens with zero attached hydrogens (tertiary/aromatic N) is 1. The average Bonchev–Trinajstić information content (AvgIpc) is 2.96. The van der Waals surface area contributed by atoms with Gasteiger partial charge in [-0.05, 0) is 31.2 Å². The van der Waals surface area contributed by atoms with Crippen LogP contribution in [-0.4, -0.2) is 18.5 Å². The Morgan fingerprint density at radius 3 is 3.00 bits per heavy atom. The average molecular weight is 232 g/mol. The summed E-state index contributed by atoms with van der Waals surface area (Å²) in [7, 11) is 0. The Balaban J connectivity index is 2.00. The molecule has 17 heavy (non-hydrogen) atoms. The van der Waals surface area contributed by atoms with Crippen molar-refractivity contribution in [1.82, 2.24) is 5.16 Å². The maximum absolute atomic E-state index is 5.54. The normalized spacial score (nSPS) is 13.0. The molecule has 2 heterocycles. The van der Waals surface area contributed by atoms with Gasteiger partial charge in [0.05, 0.1) is 6.20 Å². The number of aromatic nitrogens is 1. The molecule has 1 aliphatic rings. The summed E-state index contributed by atoms with van der Waals surface area (Å²) in [5.41, 5.74) is 7.47. The van der Waals surface area contributed by atoms with E-state index in [1.54, 1.807) is 6.20 Å². The molecule has 1 aromatic heterocycles. The van der Waals surface area contributed by atoms with E-state index in [0.29, 0.717) is 6.54 Å². The predicted molar refractivity (Wildman–Crippen MR) is 60.8 cm³/mol. The molecular formula is C12H12N2O3. The molecule has 0 radical (unpaired) electrons. The smallest absolute Gasteiger partial charge is 0.231 e. The molecule has 0 saturated heterocycles. The topological polar surface area (TPSA) is 70.5 Å². The van der Waals surface area contributed by atoms with Gasteiger partial charge < -0.3 is 19.7 Å². The monoisotopic (exact) mass is 232 g/mol. The number of rotatable bonds is 3. The van der Waals surface area contributed by atoms with Gasteiger partial charge in [-0.25, -0.2) is 0 Å². The molecular weight excluding hydrogens is 220 g/mol. The van der Waals surface area contributed by atoms with E-state index in [-0.39, 0.29) is 6.79 Å². The molecule has 1 aliphatic heterocycles. The van der Waals surface area contributed by atoms with Crippen molar-refractivity contribution in [3.05, 3.63) is 30.0 Å². The van der Waals surface area contributed by atoms with Gasteiger partial charge in [-0.3, -0.25) is 0 Å². The van der Waals surface area contributed by atoms with Gasteiger partial charge in [0.1, 0.15) is 0 Å². The van der Waals surface area contributed by atoms with Crippen molar-refractivity contribution in [2.75, 3.05) is 13.3 Å². The first kappa shape index (κ1) is 10.2. The van der Waals surface area contributed by atoms with E-state index in [1.165, 1.54) is 0 Å². The van der Waals surface area contributed by atoms with Gasteiger partial charge >= 0.3 is 0 Å². The maximum atomic E-state index is 5.54. The van der Waals surface area contributed by atoms with Crippen molar-refractivity contribution in [2.24, 2.45) is 5.73 Å². The highest BCUT2D eigenvalue weighted by molar-refractivity contribution is 5.65. The third kappa shape index (κ3) is 1.74. The van der Waals surface area contributed by atoms with E-state index in [2.05, 4.69) is 5.16 Å². The second kappa shape index (κ2) is 4.10. The fraction of sp³-hybridized carbons (Fsp3) is 0.250.